The van der Waals surface area contributed by atoms with Gasteiger partial charge in [0.1, 0.15) is 6.54 Å². The number of nitrogens with zero attached hydrogens (tertiary/aromatic N) is 1. The van der Waals surface area contributed by atoms with E-state index in [4.69, 9.17) is 0 Å². The van der Waals surface area contributed by atoms with Gasteiger partial charge in [-0.2, -0.15) is 4.57 Å². The number of unbranched alkanes of at least 4 members (excludes halogenated alkanes) is 1. The predicted octanol–water partition coefficient (Wildman–Crippen LogP) is 5.22. The Morgan fingerprint density at radius 1 is 1.12 bits per heavy atom. The van der Waals surface area contributed by atoms with Crippen LogP contribution in [0.15, 0.2) is 17.1 Å². The van der Waals surface area contributed by atoms with Crippen LogP contribution in [0.4, 0.5) is 25.2 Å². The molecule has 0 aliphatic heterocycles. The van der Waals surface area contributed by atoms with Crippen LogP contribution < -0.4 is 4.57 Å². The van der Waals surface area contributed by atoms with E-state index in [9.17, 15) is 25.2 Å². The number of rotatable bonds is 3. The van der Waals surface area contributed by atoms with Crippen molar-refractivity contribution in [3.63, 3.8) is 0 Å². The molecule has 0 N–H and O–H groups in total. The molecule has 0 bridgehead atoms. The molecule has 1 heterocycles. The number of aromatic nitrogens is 1. The van der Waals surface area contributed by atoms with Crippen LogP contribution in [0, 0.1) is 0 Å². The van der Waals surface area contributed by atoms with E-state index in [1.54, 1.807) is 11.3 Å². The molecule has 1 rings (SSSR count). The minimum atomic E-state index is -10.7. The molecule has 1 nitrogen and oxygen atoms in total. The standard InChI is InChI=1S/C7H12NS.F6P/c1-2-3-4-8-5-6-9-7-8;1-7(2,3,4,5)6/h5-7H,2-4H2,1H3;/q+1;-1. The van der Waals surface area contributed by atoms with Gasteiger partial charge in [0.2, 0.25) is 5.51 Å². The molecule has 0 aliphatic rings. The molecular weight excluding hydrogens is 275 g/mol. The normalized spacial score (nSPS) is 15.7. The van der Waals surface area contributed by atoms with E-state index >= 15 is 0 Å². The Morgan fingerprint density at radius 3 is 1.94 bits per heavy atom. The van der Waals surface area contributed by atoms with Gasteiger partial charge >= 0.3 is 33.0 Å². The Kier molecular flexibility index (Phi) is 4.39. The van der Waals surface area contributed by atoms with Gasteiger partial charge in [-0.05, 0) is 0 Å². The topological polar surface area (TPSA) is 3.88 Å². The Balaban J connectivity index is 0.000000293. The molecule has 16 heavy (non-hydrogen) atoms. The van der Waals surface area contributed by atoms with Gasteiger partial charge in [-0.25, -0.2) is 0 Å². The maximum absolute atomic E-state index is 10.7. The summed E-state index contributed by atoms with van der Waals surface area (Å²) in [6.45, 7) is 3.40. The monoisotopic (exact) mass is 287 g/mol. The summed E-state index contributed by atoms with van der Waals surface area (Å²) in [7, 11) is -10.7. The molecule has 98 valence electrons. The summed E-state index contributed by atoms with van der Waals surface area (Å²) < 4.78 is 61.4. The van der Waals surface area contributed by atoms with E-state index in [1.165, 1.54) is 19.4 Å². The summed E-state index contributed by atoms with van der Waals surface area (Å²) in [6.07, 6.45) is 4.70. The second kappa shape index (κ2) is 4.49. The Bertz CT molecular complexity index is 292. The summed E-state index contributed by atoms with van der Waals surface area (Å²) in [6, 6.07) is 0. The quantitative estimate of drug-likeness (QED) is 0.408. The van der Waals surface area contributed by atoms with Gasteiger partial charge < -0.3 is 0 Å². The number of hydrogen-bond acceptors (Lipinski definition) is 1. The molecule has 0 amide bonds. The fraction of sp³-hybridized carbons (Fsp3) is 0.571. The van der Waals surface area contributed by atoms with Crippen molar-refractivity contribution in [3.05, 3.63) is 17.1 Å². The summed E-state index contributed by atoms with van der Waals surface area (Å²) in [4.78, 5) is 0. The SMILES string of the molecule is CCCC[n+]1ccsc1.F[P-](F)(F)(F)(F)F. The van der Waals surface area contributed by atoms with Crippen molar-refractivity contribution in [1.29, 1.82) is 0 Å². The van der Waals surface area contributed by atoms with E-state index in [2.05, 4.69) is 28.6 Å². The first-order valence-electron chi connectivity index (χ1n) is 4.36. The minimum absolute atomic E-state index is 1.18. The average Bonchev–Trinajstić information content (AvgIpc) is 2.46. The van der Waals surface area contributed by atoms with Crippen LogP contribution >= 0.6 is 19.1 Å². The van der Waals surface area contributed by atoms with Gasteiger partial charge in [-0.1, -0.05) is 24.7 Å². The van der Waals surface area contributed by atoms with Crippen LogP contribution in [-0.2, 0) is 6.54 Å². The van der Waals surface area contributed by atoms with Crippen LogP contribution in [0.1, 0.15) is 19.8 Å². The van der Waals surface area contributed by atoms with E-state index in [1.807, 2.05) is 0 Å². The first-order valence-corrected chi connectivity index (χ1v) is 7.33. The number of hydrogen-bond donors (Lipinski definition) is 0. The van der Waals surface area contributed by atoms with Crippen molar-refractivity contribution < 1.29 is 29.7 Å². The van der Waals surface area contributed by atoms with E-state index in [0.29, 0.717) is 0 Å². The zero-order chi connectivity index (χ0) is 12.9. The second-order valence-corrected chi connectivity index (χ2v) is 5.75. The number of halogens is 6. The third-order valence-electron chi connectivity index (χ3n) is 1.30. The van der Waals surface area contributed by atoms with Crippen LogP contribution in [-0.4, -0.2) is 0 Å². The zero-order valence-electron chi connectivity index (χ0n) is 8.42. The van der Waals surface area contributed by atoms with Gasteiger partial charge in [0, 0.05) is 6.42 Å². The van der Waals surface area contributed by atoms with Gasteiger partial charge in [-0.15, -0.1) is 0 Å². The van der Waals surface area contributed by atoms with Crippen LogP contribution in [0.25, 0.3) is 0 Å². The fourth-order valence-electron chi connectivity index (χ4n) is 0.730. The van der Waals surface area contributed by atoms with E-state index < -0.39 is 7.81 Å². The Labute approximate surface area is 92.9 Å². The van der Waals surface area contributed by atoms with Crippen molar-refractivity contribution >= 4 is 19.1 Å². The molecule has 0 atom stereocenters. The third-order valence-corrected chi connectivity index (χ3v) is 1.97. The van der Waals surface area contributed by atoms with E-state index in [-0.39, 0.29) is 0 Å². The molecule has 0 aromatic carbocycles. The molecule has 9 heteroatoms. The summed E-state index contributed by atoms with van der Waals surface area (Å²) in [5.74, 6) is 0. The summed E-state index contributed by atoms with van der Waals surface area (Å²) in [5.41, 5.74) is 2.15. The molecule has 0 saturated carbocycles. The van der Waals surface area contributed by atoms with Crippen LogP contribution in [0.3, 0.4) is 0 Å². The van der Waals surface area contributed by atoms with Gasteiger partial charge in [-0.3, -0.25) is 0 Å². The van der Waals surface area contributed by atoms with Crippen molar-refractivity contribution in [2.45, 2.75) is 26.3 Å². The molecular formula is C7H12F6NPS. The summed E-state index contributed by atoms with van der Waals surface area (Å²) >= 11 is 1.75. The van der Waals surface area contributed by atoms with Gasteiger partial charge in [0.25, 0.3) is 0 Å². The molecule has 0 aliphatic carbocycles. The first kappa shape index (κ1) is 15.6. The Hall–Kier alpha value is -0.360. The fourth-order valence-corrected chi connectivity index (χ4v) is 1.36. The third kappa shape index (κ3) is 19.2. The van der Waals surface area contributed by atoms with Crippen molar-refractivity contribution in [2.75, 3.05) is 0 Å². The maximum atomic E-state index is 9.87. The number of thiazole rings is 1. The zero-order valence-corrected chi connectivity index (χ0v) is 10.1. The second-order valence-electron chi connectivity index (χ2n) is 3.08. The summed E-state index contributed by atoms with van der Waals surface area (Å²) in [5, 5.41) is 2.11. The van der Waals surface area contributed by atoms with Crippen molar-refractivity contribution in [1.82, 2.24) is 0 Å². The average molecular weight is 287 g/mol. The first-order chi connectivity index (χ1) is 6.88. The molecule has 0 unspecified atom stereocenters. The molecule has 1 aromatic rings. The molecule has 0 saturated heterocycles. The van der Waals surface area contributed by atoms with E-state index in [0.717, 1.165) is 0 Å². The molecule has 0 spiro atoms. The molecule has 0 fully saturated rings. The van der Waals surface area contributed by atoms with Crippen LogP contribution in [0.5, 0.6) is 0 Å². The number of aryl methyl sites for hydroxylation is 1. The van der Waals surface area contributed by atoms with Gasteiger partial charge in [0.15, 0.2) is 6.20 Å². The molecule has 0 radical (unpaired) electrons. The van der Waals surface area contributed by atoms with Crippen LogP contribution in [0.2, 0.25) is 0 Å². The predicted molar refractivity (Wildman–Crippen MR) is 53.0 cm³/mol. The molecule has 1 aromatic heterocycles. The van der Waals surface area contributed by atoms with Crippen molar-refractivity contribution in [2.24, 2.45) is 0 Å². The Morgan fingerprint density at radius 2 is 1.62 bits per heavy atom. The van der Waals surface area contributed by atoms with Gasteiger partial charge in [0.05, 0.1) is 5.38 Å². The van der Waals surface area contributed by atoms with Crippen molar-refractivity contribution in [3.8, 4) is 0 Å².